The molecule has 0 unspecified atom stereocenters. The highest BCUT2D eigenvalue weighted by molar-refractivity contribution is 9.09. The van der Waals surface area contributed by atoms with Gasteiger partial charge in [0.05, 0.1) is 0 Å². The molecule has 0 saturated carbocycles. The van der Waals surface area contributed by atoms with Gasteiger partial charge in [-0.25, -0.2) is 0 Å². The van der Waals surface area contributed by atoms with Crippen molar-refractivity contribution in [2.75, 3.05) is 18.5 Å². The highest BCUT2D eigenvalue weighted by Crippen LogP contribution is 2.17. The second-order valence-corrected chi connectivity index (χ2v) is 5.85. The molecule has 0 aliphatic heterocycles. The van der Waals surface area contributed by atoms with Crippen molar-refractivity contribution in [1.82, 2.24) is 5.32 Å². The van der Waals surface area contributed by atoms with E-state index in [0.29, 0.717) is 24.9 Å². The zero-order chi connectivity index (χ0) is 14.2. The number of azide groups is 1. The molecular weight excluding hydrogens is 300 g/mol. The van der Waals surface area contributed by atoms with Gasteiger partial charge in [-0.3, -0.25) is 4.79 Å². The summed E-state index contributed by atoms with van der Waals surface area (Å²) in [5.74, 6) is -0.149. The van der Waals surface area contributed by atoms with Gasteiger partial charge in [0.15, 0.2) is 0 Å². The summed E-state index contributed by atoms with van der Waals surface area (Å²) in [6.07, 6.45) is 0.562. The van der Waals surface area contributed by atoms with Crippen molar-refractivity contribution in [3.05, 3.63) is 10.4 Å². The smallest absolute Gasteiger partial charge is 0.251 e. The maximum atomic E-state index is 11.8. The Kier molecular flexibility index (Phi) is 7.28. The molecule has 0 spiro atoms. The van der Waals surface area contributed by atoms with Crippen LogP contribution in [0.2, 0.25) is 0 Å². The Bertz CT molecular complexity index is 325. The SMILES string of the molecule is CC(C)(CCOC(C)(C)C(=O)NCCBr)N=[N+]=[N-]. The number of carbonyl (C=O) groups excluding carboxylic acids is 1. The lowest BCUT2D eigenvalue weighted by Gasteiger charge is -2.26. The van der Waals surface area contributed by atoms with E-state index in [1.807, 2.05) is 13.8 Å². The molecule has 0 atom stereocenters. The third kappa shape index (κ3) is 6.83. The topological polar surface area (TPSA) is 87.1 Å². The predicted molar refractivity (Wildman–Crippen MR) is 74.7 cm³/mol. The molecule has 0 aliphatic carbocycles. The standard InChI is InChI=1S/C11H21BrN4O2/c1-10(2,15-16-13)5-8-18-11(3,4)9(17)14-7-6-12/h5-8H2,1-4H3,(H,14,17). The molecular formula is C11H21BrN4O2. The van der Waals surface area contributed by atoms with E-state index in [2.05, 4.69) is 31.3 Å². The summed E-state index contributed by atoms with van der Waals surface area (Å²) >= 11 is 3.24. The molecule has 0 fully saturated rings. The first-order valence-electron chi connectivity index (χ1n) is 5.79. The van der Waals surface area contributed by atoms with E-state index in [1.165, 1.54) is 0 Å². The van der Waals surface area contributed by atoms with Gasteiger partial charge in [-0.15, -0.1) is 0 Å². The van der Waals surface area contributed by atoms with Crippen LogP contribution in [0.1, 0.15) is 34.1 Å². The van der Waals surface area contributed by atoms with Crippen molar-refractivity contribution in [2.24, 2.45) is 5.11 Å². The van der Waals surface area contributed by atoms with Crippen LogP contribution >= 0.6 is 15.9 Å². The Morgan fingerprint density at radius 2 is 2.06 bits per heavy atom. The van der Waals surface area contributed by atoms with E-state index in [1.54, 1.807) is 13.8 Å². The fraction of sp³-hybridized carbons (Fsp3) is 0.909. The summed E-state index contributed by atoms with van der Waals surface area (Å²) in [7, 11) is 0. The molecule has 104 valence electrons. The average molecular weight is 321 g/mol. The Balaban J connectivity index is 4.18. The van der Waals surface area contributed by atoms with Crippen LogP contribution in [0.4, 0.5) is 0 Å². The number of ether oxygens (including phenoxy) is 1. The number of alkyl halides is 1. The van der Waals surface area contributed by atoms with E-state index in [4.69, 9.17) is 10.3 Å². The lowest BCUT2D eigenvalue weighted by atomic mass is 10.0. The highest BCUT2D eigenvalue weighted by Gasteiger charge is 2.28. The molecule has 7 heteroatoms. The molecule has 0 aromatic carbocycles. The van der Waals surface area contributed by atoms with E-state index < -0.39 is 11.1 Å². The van der Waals surface area contributed by atoms with Crippen molar-refractivity contribution < 1.29 is 9.53 Å². The van der Waals surface area contributed by atoms with Gasteiger partial charge in [0.1, 0.15) is 5.60 Å². The molecule has 0 aliphatic rings. The largest absolute Gasteiger partial charge is 0.366 e. The Morgan fingerprint density at radius 1 is 1.44 bits per heavy atom. The highest BCUT2D eigenvalue weighted by atomic mass is 79.9. The number of amides is 1. The summed E-state index contributed by atoms with van der Waals surface area (Å²) in [5.41, 5.74) is 7.01. The summed E-state index contributed by atoms with van der Waals surface area (Å²) < 4.78 is 5.56. The van der Waals surface area contributed by atoms with E-state index in [-0.39, 0.29) is 5.91 Å². The second kappa shape index (κ2) is 7.61. The van der Waals surface area contributed by atoms with Gasteiger partial charge < -0.3 is 10.1 Å². The van der Waals surface area contributed by atoms with E-state index >= 15 is 0 Å². The first-order chi connectivity index (χ1) is 8.25. The van der Waals surface area contributed by atoms with Gasteiger partial charge in [0.2, 0.25) is 0 Å². The fourth-order valence-corrected chi connectivity index (χ4v) is 1.36. The first kappa shape index (κ1) is 17.2. The van der Waals surface area contributed by atoms with E-state index in [9.17, 15) is 4.79 Å². The lowest BCUT2D eigenvalue weighted by Crippen LogP contribution is -2.45. The van der Waals surface area contributed by atoms with Crippen molar-refractivity contribution in [3.8, 4) is 0 Å². The quantitative estimate of drug-likeness (QED) is 0.322. The van der Waals surface area contributed by atoms with Crippen LogP contribution < -0.4 is 5.32 Å². The minimum Gasteiger partial charge on any atom is -0.366 e. The maximum Gasteiger partial charge on any atom is 0.251 e. The summed E-state index contributed by atoms with van der Waals surface area (Å²) in [5, 5.41) is 7.12. The van der Waals surface area contributed by atoms with Crippen LogP contribution in [0.3, 0.4) is 0 Å². The number of nitrogens with zero attached hydrogens (tertiary/aromatic N) is 3. The molecule has 0 radical (unpaired) electrons. The van der Waals surface area contributed by atoms with Gasteiger partial charge in [-0.05, 0) is 25.8 Å². The van der Waals surface area contributed by atoms with Crippen LogP contribution in [-0.2, 0) is 9.53 Å². The van der Waals surface area contributed by atoms with Crippen molar-refractivity contribution >= 4 is 21.8 Å². The van der Waals surface area contributed by atoms with Gasteiger partial charge in [-0.2, -0.15) is 0 Å². The second-order valence-electron chi connectivity index (χ2n) is 5.06. The van der Waals surface area contributed by atoms with Crippen LogP contribution in [0, 0.1) is 0 Å². The summed E-state index contributed by atoms with van der Waals surface area (Å²) in [6, 6.07) is 0. The lowest BCUT2D eigenvalue weighted by molar-refractivity contribution is -0.143. The van der Waals surface area contributed by atoms with Crippen molar-refractivity contribution in [2.45, 2.75) is 45.3 Å². The van der Waals surface area contributed by atoms with Crippen LogP contribution in [0.25, 0.3) is 10.4 Å². The minimum absolute atomic E-state index is 0.149. The molecule has 0 saturated heterocycles. The van der Waals surface area contributed by atoms with Crippen LogP contribution in [0.15, 0.2) is 5.11 Å². The molecule has 1 amide bonds. The number of hydrogen-bond acceptors (Lipinski definition) is 3. The third-order valence-corrected chi connectivity index (χ3v) is 2.82. The van der Waals surface area contributed by atoms with Crippen LogP contribution in [-0.4, -0.2) is 35.5 Å². The molecule has 0 rings (SSSR count). The fourth-order valence-electron chi connectivity index (χ4n) is 1.17. The number of carbonyl (C=O) groups is 1. The first-order valence-corrected chi connectivity index (χ1v) is 6.92. The van der Waals surface area contributed by atoms with Gasteiger partial charge in [0.25, 0.3) is 5.91 Å². The monoisotopic (exact) mass is 320 g/mol. The normalized spacial score (nSPS) is 11.8. The maximum absolute atomic E-state index is 11.8. The average Bonchev–Trinajstić information content (AvgIpc) is 2.24. The number of hydrogen-bond donors (Lipinski definition) is 1. The minimum atomic E-state index is -0.880. The molecule has 0 aromatic rings. The zero-order valence-corrected chi connectivity index (χ0v) is 13.0. The van der Waals surface area contributed by atoms with Crippen molar-refractivity contribution in [1.29, 1.82) is 0 Å². The predicted octanol–water partition coefficient (Wildman–Crippen LogP) is 2.77. The third-order valence-electron chi connectivity index (χ3n) is 2.42. The molecule has 6 nitrogen and oxygen atoms in total. The van der Waals surface area contributed by atoms with Crippen molar-refractivity contribution in [3.63, 3.8) is 0 Å². The Hall–Kier alpha value is -0.780. The molecule has 1 N–H and O–H groups in total. The molecule has 0 heterocycles. The summed E-state index contributed by atoms with van der Waals surface area (Å²) in [6.45, 7) is 8.02. The number of halogens is 1. The van der Waals surface area contributed by atoms with Crippen LogP contribution in [0.5, 0.6) is 0 Å². The van der Waals surface area contributed by atoms with Gasteiger partial charge >= 0.3 is 0 Å². The number of rotatable bonds is 8. The number of nitrogens with one attached hydrogen (secondary N) is 1. The zero-order valence-electron chi connectivity index (χ0n) is 11.4. The molecule has 0 aromatic heterocycles. The van der Waals surface area contributed by atoms with Gasteiger partial charge in [-0.1, -0.05) is 34.9 Å². The van der Waals surface area contributed by atoms with Gasteiger partial charge in [0, 0.05) is 28.9 Å². The Labute approximate surface area is 116 Å². The molecule has 0 bridgehead atoms. The summed E-state index contributed by atoms with van der Waals surface area (Å²) in [4.78, 5) is 14.5. The molecule has 18 heavy (non-hydrogen) atoms. The Morgan fingerprint density at radius 3 is 2.56 bits per heavy atom. The van der Waals surface area contributed by atoms with E-state index in [0.717, 1.165) is 0 Å².